The van der Waals surface area contributed by atoms with Crippen LogP contribution in [-0.4, -0.2) is 33.9 Å². The predicted molar refractivity (Wildman–Crippen MR) is 91.3 cm³/mol. The van der Waals surface area contributed by atoms with Crippen molar-refractivity contribution in [1.29, 1.82) is 0 Å². The maximum absolute atomic E-state index is 12.5. The molecule has 0 atom stereocenters. The number of hydrogen-bond acceptors (Lipinski definition) is 5. The van der Waals surface area contributed by atoms with Gasteiger partial charge in [0.25, 0.3) is 5.56 Å². The molecule has 12 heteroatoms. The first-order valence-corrected chi connectivity index (χ1v) is 7.96. The van der Waals surface area contributed by atoms with E-state index in [1.54, 1.807) is 0 Å². The molecular weight excluding hydrogens is 411 g/mol. The van der Waals surface area contributed by atoms with Crippen LogP contribution >= 0.6 is 11.6 Å². The standard InChI is InChI=1S/C16H10ClF5N4O2/c17-11-5-8-6-23-15(24-7-16(20,21)22)25-12(8)26(13(11)27)9-1-3-10(4-2-9)28-14(18)19/h1-6,14H,7H2,(H,23,24,25). The summed E-state index contributed by atoms with van der Waals surface area (Å²) in [4.78, 5) is 20.2. The largest absolute Gasteiger partial charge is 0.435 e. The second-order valence-corrected chi connectivity index (χ2v) is 5.85. The van der Waals surface area contributed by atoms with Crippen molar-refractivity contribution in [1.82, 2.24) is 14.5 Å². The van der Waals surface area contributed by atoms with Crippen molar-refractivity contribution in [2.45, 2.75) is 12.8 Å². The summed E-state index contributed by atoms with van der Waals surface area (Å²) in [6.45, 7) is -4.38. The van der Waals surface area contributed by atoms with E-state index in [0.29, 0.717) is 0 Å². The van der Waals surface area contributed by atoms with E-state index in [2.05, 4.69) is 14.7 Å². The maximum atomic E-state index is 12.5. The number of nitrogens with zero attached hydrogens (tertiary/aromatic N) is 3. The minimum absolute atomic E-state index is 0.0170. The smallest absolute Gasteiger partial charge is 0.405 e. The van der Waals surface area contributed by atoms with Crippen molar-refractivity contribution < 1.29 is 26.7 Å². The van der Waals surface area contributed by atoms with E-state index in [1.165, 1.54) is 36.5 Å². The molecule has 0 aliphatic carbocycles. The molecule has 0 aliphatic rings. The first-order valence-electron chi connectivity index (χ1n) is 7.58. The first-order chi connectivity index (χ1) is 13.1. The Bertz CT molecular complexity index is 1050. The van der Waals surface area contributed by atoms with Gasteiger partial charge in [0.15, 0.2) is 5.65 Å². The van der Waals surface area contributed by atoms with Gasteiger partial charge in [0.05, 0.1) is 5.69 Å². The maximum Gasteiger partial charge on any atom is 0.405 e. The van der Waals surface area contributed by atoms with Crippen LogP contribution in [0.1, 0.15) is 0 Å². The Labute approximate surface area is 158 Å². The highest BCUT2D eigenvalue weighted by atomic mass is 35.5. The number of anilines is 1. The first kappa shape index (κ1) is 19.8. The number of fused-ring (bicyclic) bond motifs is 1. The summed E-state index contributed by atoms with van der Waals surface area (Å²) >= 11 is 5.93. The van der Waals surface area contributed by atoms with Gasteiger partial charge in [0.2, 0.25) is 5.95 Å². The van der Waals surface area contributed by atoms with Crippen LogP contribution in [0.2, 0.25) is 5.02 Å². The van der Waals surface area contributed by atoms with Crippen molar-refractivity contribution in [2.75, 3.05) is 11.9 Å². The number of ether oxygens (including phenoxy) is 1. The molecule has 0 bridgehead atoms. The zero-order chi connectivity index (χ0) is 20.5. The number of rotatable bonds is 5. The molecule has 1 aromatic carbocycles. The van der Waals surface area contributed by atoms with Gasteiger partial charge in [-0.05, 0) is 30.3 Å². The molecule has 3 aromatic rings. The van der Waals surface area contributed by atoms with E-state index in [4.69, 9.17) is 11.6 Å². The molecule has 148 valence electrons. The monoisotopic (exact) mass is 420 g/mol. The number of hydrogen-bond donors (Lipinski definition) is 1. The summed E-state index contributed by atoms with van der Waals surface area (Å²) in [7, 11) is 0. The number of benzene rings is 1. The van der Waals surface area contributed by atoms with Gasteiger partial charge >= 0.3 is 12.8 Å². The Kier molecular flexibility index (Phi) is 5.36. The Hall–Kier alpha value is -2.95. The number of alkyl halides is 5. The summed E-state index contributed by atoms with van der Waals surface area (Å²) in [5.41, 5.74) is -0.520. The van der Waals surface area contributed by atoms with Crippen LogP contribution in [0, 0.1) is 0 Å². The van der Waals surface area contributed by atoms with Crippen molar-refractivity contribution in [3.05, 3.63) is 51.9 Å². The highest BCUT2D eigenvalue weighted by molar-refractivity contribution is 6.31. The van der Waals surface area contributed by atoms with Crippen molar-refractivity contribution in [3.8, 4) is 11.4 Å². The van der Waals surface area contributed by atoms with Crippen LogP contribution in [0.25, 0.3) is 16.7 Å². The van der Waals surface area contributed by atoms with Crippen LogP contribution in [0.5, 0.6) is 5.75 Å². The zero-order valence-electron chi connectivity index (χ0n) is 13.7. The van der Waals surface area contributed by atoms with E-state index in [-0.39, 0.29) is 33.4 Å². The molecule has 0 spiro atoms. The predicted octanol–water partition coefficient (Wildman–Crippen LogP) is 4.01. The van der Waals surface area contributed by atoms with Crippen molar-refractivity contribution in [3.63, 3.8) is 0 Å². The molecule has 0 unspecified atom stereocenters. The lowest BCUT2D eigenvalue weighted by molar-refractivity contribution is -0.115. The van der Waals surface area contributed by atoms with Gasteiger partial charge in [-0.25, -0.2) is 4.98 Å². The summed E-state index contributed by atoms with van der Waals surface area (Å²) < 4.78 is 67.0. The van der Waals surface area contributed by atoms with E-state index in [0.717, 1.165) is 4.57 Å². The molecule has 3 rings (SSSR count). The third-order valence-electron chi connectivity index (χ3n) is 3.46. The van der Waals surface area contributed by atoms with Crippen molar-refractivity contribution >= 4 is 28.6 Å². The van der Waals surface area contributed by atoms with Gasteiger partial charge in [0, 0.05) is 11.6 Å². The average molecular weight is 421 g/mol. The molecule has 0 saturated heterocycles. The minimum Gasteiger partial charge on any atom is -0.435 e. The normalized spacial score (nSPS) is 11.8. The third-order valence-corrected chi connectivity index (χ3v) is 3.74. The van der Waals surface area contributed by atoms with E-state index in [9.17, 15) is 26.7 Å². The summed E-state index contributed by atoms with van der Waals surface area (Å²) in [6, 6.07) is 6.28. The van der Waals surface area contributed by atoms with Gasteiger partial charge in [-0.1, -0.05) is 11.6 Å². The van der Waals surface area contributed by atoms with E-state index < -0.39 is 24.9 Å². The third kappa shape index (κ3) is 4.47. The van der Waals surface area contributed by atoms with Gasteiger partial charge in [0.1, 0.15) is 17.3 Å². The molecule has 0 radical (unpaired) electrons. The summed E-state index contributed by atoms with van der Waals surface area (Å²) in [5, 5.41) is 2.13. The number of halogens is 6. The summed E-state index contributed by atoms with van der Waals surface area (Å²) in [6.07, 6.45) is -3.28. The molecule has 1 N–H and O–H groups in total. The second-order valence-electron chi connectivity index (χ2n) is 5.45. The lowest BCUT2D eigenvalue weighted by Crippen LogP contribution is -2.23. The van der Waals surface area contributed by atoms with Crippen LogP contribution in [0.3, 0.4) is 0 Å². The fourth-order valence-corrected chi connectivity index (χ4v) is 2.55. The Morgan fingerprint density at radius 2 is 1.89 bits per heavy atom. The quantitative estimate of drug-likeness (QED) is 0.632. The molecule has 0 aliphatic heterocycles. The van der Waals surface area contributed by atoms with Crippen LogP contribution in [-0.2, 0) is 0 Å². The molecule has 2 aromatic heterocycles. The molecule has 6 nitrogen and oxygen atoms in total. The van der Waals surface area contributed by atoms with Gasteiger partial charge in [-0.15, -0.1) is 0 Å². The second kappa shape index (κ2) is 7.58. The SMILES string of the molecule is O=c1c(Cl)cc2cnc(NCC(F)(F)F)nc2n1-c1ccc(OC(F)F)cc1. The Morgan fingerprint density at radius 1 is 1.21 bits per heavy atom. The van der Waals surface area contributed by atoms with E-state index >= 15 is 0 Å². The minimum atomic E-state index is -4.49. The highest BCUT2D eigenvalue weighted by Crippen LogP contribution is 2.22. The average Bonchev–Trinajstić information content (AvgIpc) is 2.61. The molecule has 2 heterocycles. The van der Waals surface area contributed by atoms with Crippen molar-refractivity contribution in [2.24, 2.45) is 0 Å². The molecule has 0 saturated carbocycles. The van der Waals surface area contributed by atoms with Gasteiger partial charge < -0.3 is 10.1 Å². The number of nitrogens with one attached hydrogen (secondary N) is 1. The van der Waals surface area contributed by atoms with Gasteiger partial charge in [-0.2, -0.15) is 26.9 Å². The van der Waals surface area contributed by atoms with Crippen LogP contribution in [0.4, 0.5) is 27.9 Å². The fraction of sp³-hybridized carbons (Fsp3) is 0.188. The Balaban J connectivity index is 2.09. The van der Waals surface area contributed by atoms with Crippen LogP contribution in [0.15, 0.2) is 41.3 Å². The highest BCUT2D eigenvalue weighted by Gasteiger charge is 2.27. The summed E-state index contributed by atoms with van der Waals surface area (Å²) in [5.74, 6) is -0.488. The zero-order valence-corrected chi connectivity index (χ0v) is 14.4. The molecule has 28 heavy (non-hydrogen) atoms. The fourth-order valence-electron chi connectivity index (χ4n) is 2.34. The number of aromatic nitrogens is 3. The van der Waals surface area contributed by atoms with Crippen LogP contribution < -0.4 is 15.6 Å². The lowest BCUT2D eigenvalue weighted by atomic mass is 10.2. The molecular formula is C16H10ClF5N4O2. The Morgan fingerprint density at radius 3 is 2.50 bits per heavy atom. The topological polar surface area (TPSA) is 69.0 Å². The molecule has 0 amide bonds. The molecule has 0 fully saturated rings. The van der Waals surface area contributed by atoms with E-state index in [1.807, 2.05) is 5.32 Å². The van der Waals surface area contributed by atoms with Gasteiger partial charge in [-0.3, -0.25) is 9.36 Å². The number of pyridine rings is 1. The lowest BCUT2D eigenvalue weighted by Gasteiger charge is -2.13.